The molecule has 2 bridgehead atoms. The number of nitriles is 1. The van der Waals surface area contributed by atoms with Gasteiger partial charge in [0, 0.05) is 46.6 Å². The molecule has 2 aliphatic heterocycles. The van der Waals surface area contributed by atoms with Crippen LogP contribution < -0.4 is 15.0 Å². The van der Waals surface area contributed by atoms with Crippen LogP contribution in [0.15, 0.2) is 18.3 Å². The average molecular weight is 693 g/mol. The summed E-state index contributed by atoms with van der Waals surface area (Å²) in [4.78, 5) is 38.8. The number of fused-ring (bicyclic) bond motifs is 4. The van der Waals surface area contributed by atoms with Gasteiger partial charge in [-0.15, -0.1) is 11.3 Å². The molecule has 5 heterocycles. The van der Waals surface area contributed by atoms with Gasteiger partial charge in [0.25, 0.3) is 0 Å². The predicted octanol–water partition coefficient (Wildman–Crippen LogP) is 7.91. The number of aryl methyl sites for hydroxylation is 1. The number of nitrogens with one attached hydrogen (secondary N) is 1. The Kier molecular flexibility index (Phi) is 8.55. The number of halogens is 2. The zero-order valence-electron chi connectivity index (χ0n) is 28.7. The molecular weight excluding hydrogens is 654 g/mol. The van der Waals surface area contributed by atoms with Gasteiger partial charge in [0.05, 0.1) is 29.5 Å². The molecule has 2 atom stereocenters. The SMILES string of the molecule is COc1nc(N2CC3CCC(C2)N3C(=O)OC(C)(C)C)c2cnc(-c3ccc(F)c4sc(NC(=O)OC(C)(C)C)c(C#N)c34)c(F)c2c1C. The number of anilines is 2. The standard InChI is InChI=1S/C35H38F2N6O5S/c1-17-24-22(29(40-30(17)46-8)42-15-18-9-10-19(16-42)43(18)33(45)48-35(5,6)7)14-39-27(26(24)37)20-11-12-23(36)28-25(20)21(13-38)31(49-28)41-32(44)47-34(2,3)4/h11-12,14,18-19H,9-10,15-16H2,1-8H3,(H,41,44). The summed E-state index contributed by atoms with van der Waals surface area (Å²) >= 11 is 0.856. The number of ether oxygens (including phenoxy) is 3. The molecule has 2 fully saturated rings. The molecular formula is C35H38F2N6O5S. The molecule has 6 rings (SSSR count). The Morgan fingerprint density at radius 2 is 1.69 bits per heavy atom. The molecule has 1 aromatic carbocycles. The van der Waals surface area contributed by atoms with Gasteiger partial charge in [0.15, 0.2) is 5.82 Å². The zero-order chi connectivity index (χ0) is 35.6. The molecule has 2 amide bonds. The van der Waals surface area contributed by atoms with Crippen molar-refractivity contribution in [3.63, 3.8) is 0 Å². The second-order valence-electron chi connectivity index (χ2n) is 14.3. The molecule has 49 heavy (non-hydrogen) atoms. The minimum absolute atomic E-state index is 0.0373. The van der Waals surface area contributed by atoms with Gasteiger partial charge in [-0.2, -0.15) is 10.2 Å². The predicted molar refractivity (Wildman–Crippen MR) is 183 cm³/mol. The topological polar surface area (TPSA) is 130 Å². The monoisotopic (exact) mass is 692 g/mol. The molecule has 2 aliphatic rings. The summed E-state index contributed by atoms with van der Waals surface area (Å²) in [5.74, 6) is -0.639. The number of piperazine rings is 1. The number of benzene rings is 1. The third kappa shape index (κ3) is 6.27. The van der Waals surface area contributed by atoms with Crippen molar-refractivity contribution in [1.82, 2.24) is 14.9 Å². The first-order valence-corrected chi connectivity index (χ1v) is 16.8. The van der Waals surface area contributed by atoms with E-state index in [2.05, 4.69) is 16.4 Å². The first-order valence-electron chi connectivity index (χ1n) is 16.0. The van der Waals surface area contributed by atoms with Crippen LogP contribution in [0, 0.1) is 29.9 Å². The van der Waals surface area contributed by atoms with E-state index in [1.54, 1.807) is 27.7 Å². The smallest absolute Gasteiger partial charge is 0.412 e. The molecule has 3 aromatic heterocycles. The third-order valence-electron chi connectivity index (χ3n) is 8.52. The van der Waals surface area contributed by atoms with Crippen LogP contribution in [0.1, 0.15) is 65.5 Å². The molecule has 11 nitrogen and oxygen atoms in total. The number of carbonyl (C=O) groups excluding carboxylic acids is 2. The van der Waals surface area contributed by atoms with Gasteiger partial charge in [-0.05, 0) is 73.4 Å². The lowest BCUT2D eigenvalue weighted by molar-refractivity contribution is 0.0122. The van der Waals surface area contributed by atoms with Gasteiger partial charge in [-0.1, -0.05) is 0 Å². The second-order valence-corrected chi connectivity index (χ2v) is 15.3. The van der Waals surface area contributed by atoms with Crippen LogP contribution in [-0.4, -0.2) is 70.5 Å². The summed E-state index contributed by atoms with van der Waals surface area (Å²) in [5.41, 5.74) is -0.951. The number of hydrogen-bond donors (Lipinski definition) is 1. The average Bonchev–Trinajstić information content (AvgIpc) is 3.50. The van der Waals surface area contributed by atoms with E-state index in [0.29, 0.717) is 29.9 Å². The lowest BCUT2D eigenvalue weighted by Crippen LogP contribution is -2.57. The molecule has 1 N–H and O–H groups in total. The fraction of sp³-hybridized carbons (Fsp3) is 0.457. The summed E-state index contributed by atoms with van der Waals surface area (Å²) in [5, 5.41) is 13.6. The first kappa shape index (κ1) is 34.1. The Morgan fingerprint density at radius 3 is 2.29 bits per heavy atom. The van der Waals surface area contributed by atoms with Crippen molar-refractivity contribution >= 4 is 55.2 Å². The highest BCUT2D eigenvalue weighted by Gasteiger charge is 2.45. The highest BCUT2D eigenvalue weighted by atomic mass is 32.1. The Labute approximate surface area is 286 Å². The van der Waals surface area contributed by atoms with Crippen LogP contribution in [-0.2, 0) is 9.47 Å². The van der Waals surface area contributed by atoms with Crippen molar-refractivity contribution in [2.24, 2.45) is 0 Å². The Hall–Kier alpha value is -4.77. The lowest BCUT2D eigenvalue weighted by Gasteiger charge is -2.42. The zero-order valence-corrected chi connectivity index (χ0v) is 29.5. The maximum atomic E-state index is 16.9. The van der Waals surface area contributed by atoms with Crippen LogP contribution in [0.2, 0.25) is 0 Å². The number of aromatic nitrogens is 2. The summed E-state index contributed by atoms with van der Waals surface area (Å²) in [6.45, 7) is 13.2. The molecule has 4 aromatic rings. The maximum absolute atomic E-state index is 16.9. The van der Waals surface area contributed by atoms with E-state index in [1.165, 1.54) is 25.4 Å². The number of rotatable bonds is 4. The third-order valence-corrected chi connectivity index (χ3v) is 9.63. The number of amides is 2. The molecule has 0 spiro atoms. The molecule has 2 saturated heterocycles. The van der Waals surface area contributed by atoms with Gasteiger partial charge in [0.2, 0.25) is 5.88 Å². The van der Waals surface area contributed by atoms with Gasteiger partial charge < -0.3 is 19.1 Å². The van der Waals surface area contributed by atoms with Gasteiger partial charge in [-0.3, -0.25) is 15.2 Å². The van der Waals surface area contributed by atoms with Crippen molar-refractivity contribution in [2.45, 2.75) is 84.6 Å². The molecule has 0 aliphatic carbocycles. The van der Waals surface area contributed by atoms with Crippen molar-refractivity contribution < 1.29 is 32.6 Å². The number of nitrogens with zero attached hydrogens (tertiary/aromatic N) is 5. The minimum atomic E-state index is -0.810. The van der Waals surface area contributed by atoms with Gasteiger partial charge >= 0.3 is 12.2 Å². The van der Waals surface area contributed by atoms with E-state index in [9.17, 15) is 14.9 Å². The lowest BCUT2D eigenvalue weighted by atomic mass is 9.99. The van der Waals surface area contributed by atoms with Gasteiger partial charge in [-0.25, -0.2) is 18.4 Å². The quantitative estimate of drug-likeness (QED) is 0.227. The number of pyridine rings is 2. The Bertz CT molecular complexity index is 2030. The molecule has 258 valence electrons. The van der Waals surface area contributed by atoms with Crippen molar-refractivity contribution in [1.29, 1.82) is 5.26 Å². The summed E-state index contributed by atoms with van der Waals surface area (Å²) in [6, 6.07) is 4.38. The molecule has 0 saturated carbocycles. The summed E-state index contributed by atoms with van der Waals surface area (Å²) < 4.78 is 48.8. The number of carbonyl (C=O) groups is 2. The largest absolute Gasteiger partial charge is 0.481 e. The summed E-state index contributed by atoms with van der Waals surface area (Å²) in [7, 11) is 1.46. The minimum Gasteiger partial charge on any atom is -0.481 e. The van der Waals surface area contributed by atoms with Crippen molar-refractivity contribution in [3.8, 4) is 23.2 Å². The number of thiophene rings is 1. The van der Waals surface area contributed by atoms with Crippen LogP contribution >= 0.6 is 11.3 Å². The number of methoxy groups -OCH3 is 1. The van der Waals surface area contributed by atoms with E-state index in [1.807, 2.05) is 30.6 Å². The normalized spacial score (nSPS) is 17.7. The van der Waals surface area contributed by atoms with E-state index < -0.39 is 28.9 Å². The highest BCUT2D eigenvalue weighted by Crippen LogP contribution is 2.45. The van der Waals surface area contributed by atoms with Crippen LogP contribution in [0.25, 0.3) is 32.1 Å². The van der Waals surface area contributed by atoms with Crippen molar-refractivity contribution in [3.05, 3.63) is 41.1 Å². The first-order chi connectivity index (χ1) is 23.0. The van der Waals surface area contributed by atoms with Gasteiger partial charge in [0.1, 0.15) is 39.6 Å². The fourth-order valence-corrected chi connectivity index (χ4v) is 7.71. The maximum Gasteiger partial charge on any atom is 0.412 e. The van der Waals surface area contributed by atoms with Crippen molar-refractivity contribution in [2.75, 3.05) is 30.4 Å². The van der Waals surface area contributed by atoms with E-state index in [4.69, 9.17) is 19.2 Å². The van der Waals surface area contributed by atoms with E-state index in [0.717, 1.165) is 24.2 Å². The van der Waals surface area contributed by atoms with Crippen LogP contribution in [0.5, 0.6) is 5.88 Å². The Morgan fingerprint density at radius 1 is 1.04 bits per heavy atom. The van der Waals surface area contributed by atoms with Crippen LogP contribution in [0.3, 0.4) is 0 Å². The van der Waals surface area contributed by atoms with E-state index in [-0.39, 0.29) is 61.4 Å². The van der Waals surface area contributed by atoms with Crippen LogP contribution in [0.4, 0.5) is 29.2 Å². The molecule has 2 unspecified atom stereocenters. The molecule has 14 heteroatoms. The van der Waals surface area contributed by atoms with E-state index >= 15 is 8.78 Å². The molecule has 0 radical (unpaired) electrons. The fourth-order valence-electron chi connectivity index (χ4n) is 6.65. The highest BCUT2D eigenvalue weighted by molar-refractivity contribution is 7.23. The second kappa shape index (κ2) is 12.3. The Balaban J connectivity index is 1.44. The summed E-state index contributed by atoms with van der Waals surface area (Å²) in [6.07, 6.45) is 1.96. The number of hydrogen-bond acceptors (Lipinski definition) is 10.